The van der Waals surface area contributed by atoms with E-state index in [-0.39, 0.29) is 0 Å². The summed E-state index contributed by atoms with van der Waals surface area (Å²) in [5, 5.41) is 0. The minimum atomic E-state index is -0.405. The van der Waals surface area contributed by atoms with Crippen molar-refractivity contribution < 1.29 is 14.3 Å². The second-order valence-corrected chi connectivity index (χ2v) is 8.12. The van der Waals surface area contributed by atoms with Gasteiger partial charge in [0.2, 0.25) is 0 Å². The van der Waals surface area contributed by atoms with Gasteiger partial charge in [0.1, 0.15) is 5.75 Å². The Morgan fingerprint density at radius 1 is 1.12 bits per heavy atom. The number of ether oxygens (including phenoxy) is 2. The molecule has 0 saturated heterocycles. The van der Waals surface area contributed by atoms with E-state index in [1.54, 1.807) is 0 Å². The molecule has 1 aromatic rings. The summed E-state index contributed by atoms with van der Waals surface area (Å²) in [6.07, 6.45) is 11.2. The molecule has 0 radical (unpaired) electrons. The van der Waals surface area contributed by atoms with E-state index in [1.807, 2.05) is 0 Å². The van der Waals surface area contributed by atoms with Crippen molar-refractivity contribution in [1.29, 1.82) is 0 Å². The van der Waals surface area contributed by atoms with Gasteiger partial charge in [-0.15, -0.1) is 0 Å². The Bertz CT molecular complexity index is 638. The van der Waals surface area contributed by atoms with E-state index in [1.165, 1.54) is 63.5 Å². The van der Waals surface area contributed by atoms with Gasteiger partial charge in [-0.2, -0.15) is 0 Å². The Morgan fingerprint density at radius 3 is 2.29 bits per heavy atom. The van der Waals surface area contributed by atoms with Crippen molar-refractivity contribution in [3.8, 4) is 5.75 Å². The van der Waals surface area contributed by atoms with Gasteiger partial charge in [0.05, 0.1) is 19.4 Å². The van der Waals surface area contributed by atoms with Crippen molar-refractivity contribution in [2.24, 2.45) is 17.8 Å². The fraction of sp³-hybridized carbons (Fsp3) is 0.571. The fourth-order valence-corrected chi connectivity index (χ4v) is 5.81. The second kappa shape index (κ2) is 5.94. The quantitative estimate of drug-likeness (QED) is 0.463. The van der Waals surface area contributed by atoms with Crippen LogP contribution in [0.2, 0.25) is 0 Å². The molecule has 0 atom stereocenters. The third kappa shape index (κ3) is 2.74. The van der Waals surface area contributed by atoms with E-state index in [0.29, 0.717) is 5.41 Å². The van der Waals surface area contributed by atoms with Crippen molar-refractivity contribution in [3.63, 3.8) is 0 Å². The number of hydrogen-bond acceptors (Lipinski definition) is 3. The van der Waals surface area contributed by atoms with Crippen molar-refractivity contribution in [2.75, 3.05) is 7.11 Å². The molecule has 4 bridgehead atoms. The largest absolute Gasteiger partial charge is 0.466 e. The number of methoxy groups -OCH3 is 1. The van der Waals surface area contributed by atoms with Gasteiger partial charge in [0.15, 0.2) is 0 Å². The lowest BCUT2D eigenvalue weighted by Gasteiger charge is -2.57. The monoisotopic (exact) mass is 326 g/mol. The molecule has 4 fully saturated rings. The van der Waals surface area contributed by atoms with E-state index in [2.05, 4.69) is 29.9 Å². The van der Waals surface area contributed by atoms with Gasteiger partial charge >= 0.3 is 5.97 Å². The van der Waals surface area contributed by atoms with E-state index in [4.69, 9.17) is 4.74 Å². The maximum Gasteiger partial charge on any atom is 0.333 e. The zero-order valence-electron chi connectivity index (χ0n) is 14.6. The molecule has 24 heavy (non-hydrogen) atoms. The maximum atomic E-state index is 11.1. The first-order chi connectivity index (χ1) is 11.6. The highest BCUT2D eigenvalue weighted by Crippen LogP contribution is 2.60. The molecule has 0 aliphatic heterocycles. The summed E-state index contributed by atoms with van der Waals surface area (Å²) in [4.78, 5) is 11.1. The Kier molecular flexibility index (Phi) is 3.90. The highest BCUT2D eigenvalue weighted by molar-refractivity contribution is 5.81. The van der Waals surface area contributed by atoms with Gasteiger partial charge in [0, 0.05) is 0 Å². The number of esters is 1. The first kappa shape index (κ1) is 15.7. The van der Waals surface area contributed by atoms with E-state index in [9.17, 15) is 4.79 Å². The first-order valence-electron chi connectivity index (χ1n) is 9.10. The molecule has 5 rings (SSSR count). The van der Waals surface area contributed by atoms with Gasteiger partial charge < -0.3 is 9.47 Å². The predicted molar refractivity (Wildman–Crippen MR) is 92.8 cm³/mol. The second-order valence-electron chi connectivity index (χ2n) is 8.12. The molecule has 0 N–H and O–H groups in total. The number of rotatable bonds is 4. The van der Waals surface area contributed by atoms with Crippen LogP contribution in [-0.2, 0) is 14.9 Å². The topological polar surface area (TPSA) is 35.5 Å². The molecule has 0 amide bonds. The zero-order valence-corrected chi connectivity index (χ0v) is 14.6. The molecule has 4 saturated carbocycles. The molecular formula is C21H26O3. The van der Waals surface area contributed by atoms with Crippen LogP contribution in [0.15, 0.2) is 30.5 Å². The van der Waals surface area contributed by atoms with Crippen LogP contribution in [0.1, 0.15) is 49.7 Å². The standard InChI is InChI=1S/C21H26O3/c1-14-7-18(3-4-19(14)24-6-5-20(22)23-2)21-11-15-8-16(12-21)10-17(9-15)13-21/h3-7,15-17H,8-13H2,1-2H3. The number of carbonyl (C=O) groups is 1. The first-order valence-corrected chi connectivity index (χ1v) is 9.10. The lowest BCUT2D eigenvalue weighted by Crippen LogP contribution is -2.48. The van der Waals surface area contributed by atoms with Gasteiger partial charge in [-0.3, -0.25) is 0 Å². The molecule has 0 heterocycles. The van der Waals surface area contributed by atoms with Crippen LogP contribution in [0.5, 0.6) is 5.75 Å². The maximum absolute atomic E-state index is 11.1. The minimum Gasteiger partial charge on any atom is -0.466 e. The zero-order chi connectivity index (χ0) is 16.7. The summed E-state index contributed by atoms with van der Waals surface area (Å²) in [6.45, 7) is 2.09. The summed E-state index contributed by atoms with van der Waals surface area (Å²) >= 11 is 0. The lowest BCUT2D eigenvalue weighted by atomic mass is 9.48. The van der Waals surface area contributed by atoms with E-state index in [0.717, 1.165) is 29.1 Å². The SMILES string of the molecule is COC(=O)C=COc1ccc(C23CC4CC(CC(C4)C2)C3)cc1C. The molecule has 3 heteroatoms. The summed E-state index contributed by atoms with van der Waals surface area (Å²) in [7, 11) is 1.36. The highest BCUT2D eigenvalue weighted by atomic mass is 16.5. The van der Waals surface area contributed by atoms with E-state index < -0.39 is 5.97 Å². The van der Waals surface area contributed by atoms with Crippen molar-refractivity contribution in [1.82, 2.24) is 0 Å². The highest BCUT2D eigenvalue weighted by Gasteiger charge is 2.51. The molecule has 0 spiro atoms. The summed E-state index contributed by atoms with van der Waals surface area (Å²) in [5.41, 5.74) is 3.06. The summed E-state index contributed by atoms with van der Waals surface area (Å²) in [6, 6.07) is 6.63. The summed E-state index contributed by atoms with van der Waals surface area (Å²) < 4.78 is 10.2. The van der Waals surface area contributed by atoms with Crippen molar-refractivity contribution in [2.45, 2.75) is 50.9 Å². The smallest absolute Gasteiger partial charge is 0.333 e. The van der Waals surface area contributed by atoms with Crippen molar-refractivity contribution in [3.05, 3.63) is 41.7 Å². The van der Waals surface area contributed by atoms with Gasteiger partial charge in [-0.05, 0) is 85.8 Å². The van der Waals surface area contributed by atoms with Gasteiger partial charge in [-0.25, -0.2) is 4.79 Å². The number of aryl methyl sites for hydroxylation is 1. The minimum absolute atomic E-state index is 0.405. The van der Waals surface area contributed by atoms with Crippen LogP contribution in [0.4, 0.5) is 0 Å². The average molecular weight is 326 g/mol. The molecular weight excluding hydrogens is 300 g/mol. The predicted octanol–water partition coefficient (Wildman–Crippen LogP) is 4.53. The van der Waals surface area contributed by atoms with Crippen molar-refractivity contribution >= 4 is 5.97 Å². The third-order valence-corrected chi connectivity index (χ3v) is 6.43. The molecule has 3 nitrogen and oxygen atoms in total. The number of benzene rings is 1. The third-order valence-electron chi connectivity index (χ3n) is 6.43. The Labute approximate surface area is 144 Å². The van der Waals surface area contributed by atoms with Gasteiger partial charge in [0.25, 0.3) is 0 Å². The normalized spacial score (nSPS) is 33.8. The molecule has 0 unspecified atom stereocenters. The Hall–Kier alpha value is -1.77. The van der Waals surface area contributed by atoms with E-state index >= 15 is 0 Å². The van der Waals surface area contributed by atoms with Crippen LogP contribution < -0.4 is 4.74 Å². The lowest BCUT2D eigenvalue weighted by molar-refractivity contribution is -0.134. The number of carbonyl (C=O) groups excluding carboxylic acids is 1. The molecule has 4 aliphatic rings. The summed E-state index contributed by atoms with van der Waals surface area (Å²) in [5.74, 6) is 3.27. The van der Waals surface area contributed by atoms with Crippen LogP contribution in [0.3, 0.4) is 0 Å². The van der Waals surface area contributed by atoms with Gasteiger partial charge in [-0.1, -0.05) is 12.1 Å². The molecule has 1 aromatic carbocycles. The van der Waals surface area contributed by atoms with Crippen LogP contribution in [-0.4, -0.2) is 13.1 Å². The number of hydrogen-bond donors (Lipinski definition) is 0. The van der Waals surface area contributed by atoms with Crippen LogP contribution in [0, 0.1) is 24.7 Å². The molecule has 128 valence electrons. The Balaban J connectivity index is 1.54. The Morgan fingerprint density at radius 2 is 1.75 bits per heavy atom. The van der Waals surface area contributed by atoms with Crippen LogP contribution in [0.25, 0.3) is 0 Å². The van der Waals surface area contributed by atoms with Crippen LogP contribution >= 0.6 is 0 Å². The molecule has 0 aromatic heterocycles. The molecule has 4 aliphatic carbocycles. The fourth-order valence-electron chi connectivity index (χ4n) is 5.81. The average Bonchev–Trinajstić information content (AvgIpc) is 2.54.